The molecule has 0 radical (unpaired) electrons. The van der Waals surface area contributed by atoms with Crippen LogP contribution in [-0.4, -0.2) is 95.1 Å². The van der Waals surface area contributed by atoms with Gasteiger partial charge in [-0.1, -0.05) is 30.3 Å². The van der Waals surface area contributed by atoms with Gasteiger partial charge in [0.05, 0.1) is 37.3 Å². The number of benzene rings is 2. The second-order valence-corrected chi connectivity index (χ2v) is 11.3. The zero-order chi connectivity index (χ0) is 33.9. The van der Waals surface area contributed by atoms with Crippen LogP contribution in [0.2, 0.25) is 0 Å². The van der Waals surface area contributed by atoms with Crippen LogP contribution in [0.25, 0.3) is 0 Å². The number of morpholine rings is 1. The molecule has 47 heavy (non-hydrogen) atoms. The Hall–Kier alpha value is -4.38. The molecular weight excluding hydrogens is 640 g/mol. The molecule has 0 bridgehead atoms. The summed E-state index contributed by atoms with van der Waals surface area (Å²) in [6, 6.07) is 8.40. The van der Waals surface area contributed by atoms with Gasteiger partial charge in [0.2, 0.25) is 17.7 Å². The Morgan fingerprint density at radius 2 is 1.53 bits per heavy atom. The van der Waals surface area contributed by atoms with Gasteiger partial charge >= 0.3 is 18.4 Å². The van der Waals surface area contributed by atoms with E-state index in [4.69, 9.17) is 9.47 Å². The predicted molar refractivity (Wildman–Crippen MR) is 149 cm³/mol. The summed E-state index contributed by atoms with van der Waals surface area (Å²) in [6.45, 7) is 0.351. The van der Waals surface area contributed by atoms with E-state index in [1.165, 1.54) is 4.90 Å². The first-order valence-corrected chi connectivity index (χ1v) is 14.7. The number of hydrazine groups is 1. The van der Waals surface area contributed by atoms with Gasteiger partial charge in [-0.3, -0.25) is 24.7 Å². The van der Waals surface area contributed by atoms with Crippen molar-refractivity contribution >= 4 is 23.8 Å². The summed E-state index contributed by atoms with van der Waals surface area (Å²) in [5.74, 6) is -1.60. The number of nitrogens with one attached hydrogen (secondary N) is 1. The second-order valence-electron chi connectivity index (χ2n) is 11.3. The fourth-order valence-electron chi connectivity index (χ4n) is 5.74. The molecule has 2 aromatic rings. The van der Waals surface area contributed by atoms with Crippen LogP contribution in [0.5, 0.6) is 0 Å². The van der Waals surface area contributed by atoms with E-state index < -0.39 is 78.1 Å². The summed E-state index contributed by atoms with van der Waals surface area (Å²) in [5.41, 5.74) is -0.238. The number of amides is 4. The van der Waals surface area contributed by atoms with E-state index in [-0.39, 0.29) is 32.1 Å². The summed E-state index contributed by atoms with van der Waals surface area (Å²) in [5, 5.41) is 1.62. The minimum absolute atomic E-state index is 0.0326. The zero-order valence-electron chi connectivity index (χ0n) is 24.9. The van der Waals surface area contributed by atoms with Crippen molar-refractivity contribution in [2.24, 2.45) is 0 Å². The summed E-state index contributed by atoms with van der Waals surface area (Å²) in [4.78, 5) is 57.1. The average Bonchev–Trinajstić information content (AvgIpc) is 3.02. The van der Waals surface area contributed by atoms with Crippen molar-refractivity contribution in [3.8, 4) is 0 Å². The highest BCUT2D eigenvalue weighted by molar-refractivity contribution is 5.94. The smallest absolute Gasteiger partial charge is 0.416 e. The molecule has 5 rings (SSSR count). The third-order valence-corrected chi connectivity index (χ3v) is 7.98. The molecule has 2 atom stereocenters. The van der Waals surface area contributed by atoms with Gasteiger partial charge in [-0.2, -0.15) is 26.3 Å². The van der Waals surface area contributed by atoms with Gasteiger partial charge in [-0.05, 0) is 29.3 Å². The zero-order valence-corrected chi connectivity index (χ0v) is 24.9. The Morgan fingerprint density at radius 3 is 2.15 bits per heavy atom. The molecule has 11 nitrogen and oxygen atoms in total. The molecule has 0 aliphatic carbocycles. The molecule has 4 amide bonds. The molecule has 3 aliphatic heterocycles. The maximum absolute atomic E-state index is 13.8. The number of nitrogens with zero attached hydrogens (tertiary/aromatic N) is 4. The molecule has 3 fully saturated rings. The SMILES string of the molecule is O=C(C[C@H]1C(=O)N(Cc2ccccc2)C[C@@H]2N(C(=O)OCc3cc(C(F)(F)F)cc(C(F)(F)F)c3)CCC(=O)N21)NN1CCOCC1. The Balaban J connectivity index is 1.38. The van der Waals surface area contributed by atoms with E-state index in [0.29, 0.717) is 38.4 Å². The standard InChI is InChI=1S/C30H31F6N5O6/c31-29(32,33)21-12-20(13-22(14-21)30(34,35)36)18-47-28(45)40-7-6-26(43)41-23(15-24(42)37-39-8-10-46-11-9-39)27(44)38(17-25(40)41)16-19-4-2-1-3-5-19/h1-5,12-14,23,25H,6-11,15-18H2,(H,37,42)/t23-,25+/m0/s1. The number of hydrogen-bond acceptors (Lipinski definition) is 7. The number of halogens is 6. The predicted octanol–water partition coefficient (Wildman–Crippen LogP) is 3.39. The van der Waals surface area contributed by atoms with Crippen molar-refractivity contribution in [1.82, 2.24) is 25.1 Å². The van der Waals surface area contributed by atoms with E-state index in [1.54, 1.807) is 35.3 Å². The fourth-order valence-corrected chi connectivity index (χ4v) is 5.74. The van der Waals surface area contributed by atoms with E-state index in [1.807, 2.05) is 0 Å². The van der Waals surface area contributed by atoms with Gasteiger partial charge in [0.25, 0.3) is 0 Å². The van der Waals surface area contributed by atoms with Gasteiger partial charge < -0.3 is 19.3 Å². The lowest BCUT2D eigenvalue weighted by molar-refractivity contribution is -0.170. The normalized spacial score (nSPS) is 21.0. The second kappa shape index (κ2) is 13.8. The minimum atomic E-state index is -5.09. The quantitative estimate of drug-likeness (QED) is 0.450. The maximum atomic E-state index is 13.8. The van der Waals surface area contributed by atoms with Crippen LogP contribution in [-0.2, 0) is 49.4 Å². The number of alkyl halides is 6. The van der Waals surface area contributed by atoms with Crippen LogP contribution < -0.4 is 5.43 Å². The molecular formula is C30H31F6N5O6. The van der Waals surface area contributed by atoms with Crippen LogP contribution in [0, 0.1) is 0 Å². The average molecular weight is 672 g/mol. The Kier molecular flexibility index (Phi) is 9.95. The first-order chi connectivity index (χ1) is 22.2. The highest BCUT2D eigenvalue weighted by Gasteiger charge is 2.50. The van der Waals surface area contributed by atoms with Crippen LogP contribution in [0.1, 0.15) is 35.1 Å². The van der Waals surface area contributed by atoms with E-state index in [2.05, 4.69) is 5.43 Å². The molecule has 2 aromatic carbocycles. The Labute approximate surface area is 264 Å². The van der Waals surface area contributed by atoms with Crippen molar-refractivity contribution in [2.45, 2.75) is 50.6 Å². The lowest BCUT2D eigenvalue weighted by Gasteiger charge is -2.51. The molecule has 3 aliphatic rings. The van der Waals surface area contributed by atoms with E-state index in [9.17, 15) is 45.5 Å². The molecule has 254 valence electrons. The first kappa shape index (κ1) is 34.0. The van der Waals surface area contributed by atoms with Crippen molar-refractivity contribution in [1.29, 1.82) is 0 Å². The fraction of sp³-hybridized carbons (Fsp3) is 0.467. The molecule has 0 spiro atoms. The first-order valence-electron chi connectivity index (χ1n) is 14.7. The number of carbonyl (C=O) groups excluding carboxylic acids is 4. The van der Waals surface area contributed by atoms with Gasteiger partial charge in [-0.15, -0.1) is 0 Å². The largest absolute Gasteiger partial charge is 0.444 e. The molecule has 1 N–H and O–H groups in total. The van der Waals surface area contributed by atoms with Crippen LogP contribution in [0.3, 0.4) is 0 Å². The Bertz CT molecular complexity index is 1450. The van der Waals surface area contributed by atoms with Crippen LogP contribution in [0.15, 0.2) is 48.5 Å². The summed E-state index contributed by atoms with van der Waals surface area (Å²) in [6.07, 6.45) is -13.1. The third-order valence-electron chi connectivity index (χ3n) is 7.98. The molecule has 0 saturated carbocycles. The lowest BCUT2D eigenvalue weighted by atomic mass is 10.0. The van der Waals surface area contributed by atoms with Crippen molar-refractivity contribution < 1.29 is 55.0 Å². The van der Waals surface area contributed by atoms with Crippen molar-refractivity contribution in [3.63, 3.8) is 0 Å². The number of hydrogen-bond donors (Lipinski definition) is 1. The molecule has 3 heterocycles. The van der Waals surface area contributed by atoms with Gasteiger partial charge in [0.1, 0.15) is 18.8 Å². The molecule has 0 unspecified atom stereocenters. The number of fused-ring (bicyclic) bond motifs is 1. The lowest BCUT2D eigenvalue weighted by Crippen LogP contribution is -2.71. The highest BCUT2D eigenvalue weighted by Crippen LogP contribution is 2.37. The monoisotopic (exact) mass is 671 g/mol. The number of carbonyl (C=O) groups is 4. The summed E-state index contributed by atoms with van der Waals surface area (Å²) in [7, 11) is 0. The third kappa shape index (κ3) is 8.13. The number of ether oxygens (including phenoxy) is 2. The van der Waals surface area contributed by atoms with Gasteiger partial charge in [0, 0.05) is 32.6 Å². The van der Waals surface area contributed by atoms with Gasteiger partial charge in [-0.25, -0.2) is 9.80 Å². The summed E-state index contributed by atoms with van der Waals surface area (Å²) < 4.78 is 90.5. The highest BCUT2D eigenvalue weighted by atomic mass is 19.4. The molecule has 17 heteroatoms. The topological polar surface area (TPSA) is 112 Å². The number of rotatable bonds is 7. The number of piperazine rings is 1. The van der Waals surface area contributed by atoms with Gasteiger partial charge in [0.15, 0.2) is 0 Å². The molecule has 3 saturated heterocycles. The minimum Gasteiger partial charge on any atom is -0.444 e. The van der Waals surface area contributed by atoms with Crippen molar-refractivity contribution in [2.75, 3.05) is 39.4 Å². The molecule has 0 aromatic heterocycles. The van der Waals surface area contributed by atoms with Crippen molar-refractivity contribution in [3.05, 3.63) is 70.8 Å². The van der Waals surface area contributed by atoms with Crippen LogP contribution >= 0.6 is 0 Å². The van der Waals surface area contributed by atoms with E-state index >= 15 is 0 Å². The van der Waals surface area contributed by atoms with Crippen LogP contribution in [0.4, 0.5) is 31.1 Å². The maximum Gasteiger partial charge on any atom is 0.416 e. The van der Waals surface area contributed by atoms with E-state index in [0.717, 1.165) is 15.4 Å². The Morgan fingerprint density at radius 1 is 0.894 bits per heavy atom. The summed E-state index contributed by atoms with van der Waals surface area (Å²) >= 11 is 0.